The van der Waals surface area contributed by atoms with Gasteiger partial charge in [0.05, 0.1) is 22.0 Å². The maximum absolute atomic E-state index is 13.0. The van der Waals surface area contributed by atoms with Crippen LogP contribution in [0.25, 0.3) is 43.0 Å². The zero-order valence-corrected chi connectivity index (χ0v) is 24.9. The Bertz CT molecular complexity index is 1690. The van der Waals surface area contributed by atoms with Crippen LogP contribution in [0, 0.1) is 13.8 Å². The lowest BCUT2D eigenvalue weighted by Crippen LogP contribution is -2.27. The van der Waals surface area contributed by atoms with E-state index >= 15 is 0 Å². The number of fused-ring (bicyclic) bond motifs is 1. The lowest BCUT2D eigenvalue weighted by atomic mass is 9.90. The van der Waals surface area contributed by atoms with Gasteiger partial charge in [0.2, 0.25) is 0 Å². The van der Waals surface area contributed by atoms with E-state index in [0.717, 1.165) is 59.9 Å². The van der Waals surface area contributed by atoms with Crippen LogP contribution in [0.2, 0.25) is 5.02 Å². The molecule has 0 spiro atoms. The van der Waals surface area contributed by atoms with E-state index in [9.17, 15) is 4.79 Å². The second kappa shape index (κ2) is 10.3. The van der Waals surface area contributed by atoms with Gasteiger partial charge in [-0.05, 0) is 82.5 Å². The van der Waals surface area contributed by atoms with Crippen LogP contribution in [0.3, 0.4) is 0 Å². The van der Waals surface area contributed by atoms with Crippen LogP contribution in [0.1, 0.15) is 50.6 Å². The van der Waals surface area contributed by atoms with E-state index in [2.05, 4.69) is 42.4 Å². The Morgan fingerprint density at radius 2 is 1.72 bits per heavy atom. The third kappa shape index (κ3) is 5.42. The van der Waals surface area contributed by atoms with E-state index in [1.165, 1.54) is 0 Å². The molecule has 39 heavy (non-hydrogen) atoms. The van der Waals surface area contributed by atoms with Crippen molar-refractivity contribution in [2.45, 2.75) is 53.2 Å². The first-order valence-electron chi connectivity index (χ1n) is 12.9. The van der Waals surface area contributed by atoms with Crippen molar-refractivity contribution in [1.29, 1.82) is 0 Å². The van der Waals surface area contributed by atoms with Crippen molar-refractivity contribution >= 4 is 38.9 Å². The molecule has 0 aliphatic heterocycles. The van der Waals surface area contributed by atoms with Crippen LogP contribution in [0.4, 0.5) is 0 Å². The summed E-state index contributed by atoms with van der Waals surface area (Å²) in [6.07, 6.45) is 1.19. The number of ketones is 1. The first kappa shape index (κ1) is 27.3. The van der Waals surface area contributed by atoms with Crippen LogP contribution in [-0.2, 0) is 16.6 Å². The van der Waals surface area contributed by atoms with Crippen molar-refractivity contribution in [1.82, 2.24) is 14.8 Å². The number of Topliss-reactive ketones (excluding diaryl/α,β-unsaturated/α-hetero) is 1. The van der Waals surface area contributed by atoms with E-state index in [-0.39, 0.29) is 5.78 Å². The van der Waals surface area contributed by atoms with Gasteiger partial charge in [-0.25, -0.2) is 4.98 Å². The molecule has 5 rings (SSSR count). The lowest BCUT2D eigenvalue weighted by molar-refractivity contribution is -0.138. The highest BCUT2D eigenvalue weighted by Crippen LogP contribution is 2.44. The first-order valence-corrected chi connectivity index (χ1v) is 14.1. The maximum atomic E-state index is 13.0. The molecule has 3 aromatic carbocycles. The first-order chi connectivity index (χ1) is 18.4. The molecule has 0 aliphatic rings. The van der Waals surface area contributed by atoms with Gasteiger partial charge in [0.1, 0.15) is 11.1 Å². The van der Waals surface area contributed by atoms with Crippen molar-refractivity contribution in [2.75, 3.05) is 0 Å². The van der Waals surface area contributed by atoms with Crippen LogP contribution in [-0.4, -0.2) is 26.1 Å². The Kier molecular flexibility index (Phi) is 7.23. The quantitative estimate of drug-likeness (QED) is 0.209. The smallest absolute Gasteiger partial charge is 0.163 e. The summed E-state index contributed by atoms with van der Waals surface area (Å²) in [6.45, 7) is 11.6. The molecule has 0 N–H and O–H groups in total. The molecule has 0 amide bonds. The van der Waals surface area contributed by atoms with E-state index in [0.29, 0.717) is 5.02 Å². The van der Waals surface area contributed by atoms with Gasteiger partial charge in [0, 0.05) is 40.0 Å². The Morgan fingerprint density at radius 1 is 1.03 bits per heavy atom. The lowest BCUT2D eigenvalue weighted by Gasteiger charge is -2.29. The van der Waals surface area contributed by atoms with Gasteiger partial charge in [0.25, 0.3) is 0 Å². The van der Waals surface area contributed by atoms with E-state index in [1.807, 2.05) is 69.9 Å². The third-order valence-corrected chi connectivity index (χ3v) is 8.21. The number of hydrogen-bond acceptors (Lipinski definition) is 5. The van der Waals surface area contributed by atoms with Crippen LogP contribution in [0.5, 0.6) is 0 Å². The van der Waals surface area contributed by atoms with Crippen molar-refractivity contribution < 1.29 is 9.53 Å². The fourth-order valence-corrected chi connectivity index (χ4v) is 6.12. The summed E-state index contributed by atoms with van der Waals surface area (Å²) < 4.78 is 9.27. The Labute approximate surface area is 238 Å². The number of benzene rings is 3. The average Bonchev–Trinajstić information content (AvgIpc) is 3.45. The molecular weight excluding hydrogens is 526 g/mol. The van der Waals surface area contributed by atoms with Crippen molar-refractivity contribution in [3.05, 3.63) is 82.6 Å². The average molecular weight is 558 g/mol. The zero-order valence-electron chi connectivity index (χ0n) is 23.3. The van der Waals surface area contributed by atoms with Gasteiger partial charge in [0.15, 0.2) is 5.78 Å². The summed E-state index contributed by atoms with van der Waals surface area (Å²) in [5, 5.41) is 5.98. The molecule has 2 heterocycles. The number of nitrogens with zero attached hydrogens (tertiary/aromatic N) is 3. The van der Waals surface area contributed by atoms with Crippen molar-refractivity contribution in [2.24, 2.45) is 7.05 Å². The topological polar surface area (TPSA) is 57.0 Å². The Hall–Kier alpha value is -3.32. The SMILES string of the molecule is CC(=O)[C@@H](OC(C)(C)C)c1c(C)cc2nc(-c3cccc(-c4cnn(C)c4C)c3)sc2c1-c1ccc(Cl)cc1. The highest BCUT2D eigenvalue weighted by atomic mass is 35.5. The van der Waals surface area contributed by atoms with Gasteiger partial charge < -0.3 is 4.74 Å². The molecule has 0 aliphatic carbocycles. The number of rotatable bonds is 6. The summed E-state index contributed by atoms with van der Waals surface area (Å²) in [6, 6.07) is 18.2. The highest BCUT2D eigenvalue weighted by molar-refractivity contribution is 7.22. The van der Waals surface area contributed by atoms with Crippen LogP contribution in [0.15, 0.2) is 60.8 Å². The molecule has 0 saturated carbocycles. The Balaban J connectivity index is 1.74. The van der Waals surface area contributed by atoms with E-state index in [4.69, 9.17) is 21.3 Å². The number of aromatic nitrogens is 3. The predicted molar refractivity (Wildman–Crippen MR) is 161 cm³/mol. The number of carbonyl (C=O) groups is 1. The number of halogens is 1. The van der Waals surface area contributed by atoms with Crippen LogP contribution < -0.4 is 0 Å². The number of aryl methyl sites for hydroxylation is 2. The monoisotopic (exact) mass is 557 g/mol. The minimum Gasteiger partial charge on any atom is -0.360 e. The molecule has 5 aromatic rings. The second-order valence-electron chi connectivity index (χ2n) is 10.9. The fourth-order valence-electron chi connectivity index (χ4n) is 4.88. The largest absolute Gasteiger partial charge is 0.360 e. The minimum absolute atomic E-state index is 0.0353. The molecule has 0 bridgehead atoms. The fraction of sp³-hybridized carbons (Fsp3) is 0.281. The summed E-state index contributed by atoms with van der Waals surface area (Å²) >= 11 is 7.88. The normalized spacial score (nSPS) is 12.7. The van der Waals surface area contributed by atoms with Gasteiger partial charge in [-0.1, -0.05) is 41.9 Å². The van der Waals surface area contributed by atoms with E-state index < -0.39 is 11.7 Å². The molecule has 2 aromatic heterocycles. The molecule has 5 nitrogen and oxygen atoms in total. The van der Waals surface area contributed by atoms with Gasteiger partial charge in [-0.15, -0.1) is 11.3 Å². The minimum atomic E-state index is -0.706. The molecule has 7 heteroatoms. The van der Waals surface area contributed by atoms with Crippen molar-refractivity contribution in [3.8, 4) is 32.8 Å². The number of hydrogen-bond donors (Lipinski definition) is 0. The molecule has 200 valence electrons. The second-order valence-corrected chi connectivity index (χ2v) is 12.4. The summed E-state index contributed by atoms with van der Waals surface area (Å²) in [7, 11) is 1.95. The standard InChI is InChI=1S/C32H32ClN3O2S/c1-18-15-26-30(39-31(35-26)23-10-8-9-22(16-23)25-17-34-36(7)19(25)2)28(21-11-13-24(33)14-12-21)27(18)29(20(3)37)38-32(4,5)6/h8-17,29H,1-7H3/t29-/m1/s1. The van der Waals surface area contributed by atoms with E-state index in [1.54, 1.807) is 18.3 Å². The molecule has 1 atom stereocenters. The summed E-state index contributed by atoms with van der Waals surface area (Å²) in [5.41, 5.74) is 8.52. The maximum Gasteiger partial charge on any atom is 0.163 e. The zero-order chi connectivity index (χ0) is 28.1. The van der Waals surface area contributed by atoms with Crippen molar-refractivity contribution in [3.63, 3.8) is 0 Å². The van der Waals surface area contributed by atoms with Gasteiger partial charge in [-0.3, -0.25) is 9.48 Å². The van der Waals surface area contributed by atoms with Gasteiger partial charge >= 0.3 is 0 Å². The molecule has 0 fully saturated rings. The summed E-state index contributed by atoms with van der Waals surface area (Å²) in [5.74, 6) is -0.0353. The molecular formula is C32H32ClN3O2S. The number of thiazole rings is 1. The highest BCUT2D eigenvalue weighted by Gasteiger charge is 2.30. The predicted octanol–water partition coefficient (Wildman–Crippen LogP) is 8.75. The number of carbonyl (C=O) groups excluding carboxylic acids is 1. The van der Waals surface area contributed by atoms with Crippen LogP contribution >= 0.6 is 22.9 Å². The van der Waals surface area contributed by atoms with Gasteiger partial charge in [-0.2, -0.15) is 5.10 Å². The summed E-state index contributed by atoms with van der Waals surface area (Å²) in [4.78, 5) is 18.1. The third-order valence-electron chi connectivity index (χ3n) is 6.82. The Morgan fingerprint density at radius 3 is 2.33 bits per heavy atom. The molecule has 0 saturated heterocycles. The number of ether oxygens (including phenoxy) is 1. The molecule has 0 unspecified atom stereocenters. The molecule has 0 radical (unpaired) electrons.